The monoisotopic (exact) mass is 416 g/mol. The Morgan fingerprint density at radius 2 is 2.14 bits per heavy atom. The molecule has 3 heterocycles. The first-order valence-corrected chi connectivity index (χ1v) is 9.54. The second-order valence-electron chi connectivity index (χ2n) is 7.11. The topological polar surface area (TPSA) is 81.4 Å². The van der Waals surface area contributed by atoms with Crippen LogP contribution in [0.2, 0.25) is 5.15 Å². The van der Waals surface area contributed by atoms with Crippen LogP contribution in [0.4, 0.5) is 4.39 Å². The molecular formula is C21H18ClFN2O4. The van der Waals surface area contributed by atoms with E-state index in [4.69, 9.17) is 16.3 Å². The van der Waals surface area contributed by atoms with Crippen molar-refractivity contribution in [3.63, 3.8) is 0 Å². The molecule has 1 aliphatic heterocycles. The quantitative estimate of drug-likeness (QED) is 0.523. The van der Waals surface area contributed by atoms with Gasteiger partial charge in [-0.2, -0.15) is 0 Å². The lowest BCUT2D eigenvalue weighted by atomic mass is 9.86. The summed E-state index contributed by atoms with van der Waals surface area (Å²) in [4.78, 5) is 29.1. The number of fused-ring (bicyclic) bond motifs is 2. The van der Waals surface area contributed by atoms with Gasteiger partial charge in [-0.25, -0.2) is 9.37 Å². The minimum Gasteiger partial charge on any atom is -0.460 e. The lowest BCUT2D eigenvalue weighted by Crippen LogP contribution is -2.32. The molecular weight excluding hydrogens is 399 g/mol. The number of carbonyl (C=O) groups is 1. The zero-order valence-electron chi connectivity index (χ0n) is 15.6. The second-order valence-corrected chi connectivity index (χ2v) is 7.47. The van der Waals surface area contributed by atoms with Crippen molar-refractivity contribution in [3.8, 4) is 0 Å². The molecule has 6 nitrogen and oxygen atoms in total. The van der Waals surface area contributed by atoms with Crippen molar-refractivity contribution in [2.24, 2.45) is 0 Å². The van der Waals surface area contributed by atoms with Crippen molar-refractivity contribution in [1.82, 2.24) is 9.55 Å². The van der Waals surface area contributed by atoms with E-state index < -0.39 is 22.9 Å². The van der Waals surface area contributed by atoms with Crippen LogP contribution in [0.3, 0.4) is 0 Å². The third-order valence-electron chi connectivity index (χ3n) is 5.34. The molecule has 1 N–H and O–H groups in total. The zero-order chi connectivity index (χ0) is 20.8. The SMILES string of the molecule is CC[C@@]1(O)CC(=O)OCc2c1ccn(Cc1cc3c(F)cccc3nc1Cl)c2=O. The molecule has 2 aromatic heterocycles. The molecule has 150 valence electrons. The lowest BCUT2D eigenvalue weighted by molar-refractivity contribution is -0.149. The van der Waals surface area contributed by atoms with Gasteiger partial charge in [0.05, 0.1) is 24.0 Å². The third-order valence-corrected chi connectivity index (χ3v) is 5.67. The van der Waals surface area contributed by atoms with Gasteiger partial charge in [0.2, 0.25) is 0 Å². The predicted octanol–water partition coefficient (Wildman–Crippen LogP) is 3.28. The number of aromatic nitrogens is 2. The van der Waals surface area contributed by atoms with Crippen LogP contribution in [0.1, 0.15) is 36.5 Å². The number of hydrogen-bond acceptors (Lipinski definition) is 5. The largest absolute Gasteiger partial charge is 0.460 e. The lowest BCUT2D eigenvalue weighted by Gasteiger charge is -2.25. The molecule has 8 heteroatoms. The number of aliphatic hydroxyl groups is 1. The maximum atomic E-state index is 14.1. The Kier molecular flexibility index (Phi) is 4.88. The van der Waals surface area contributed by atoms with Crippen molar-refractivity contribution >= 4 is 28.5 Å². The first-order valence-electron chi connectivity index (χ1n) is 9.17. The second kappa shape index (κ2) is 7.24. The maximum absolute atomic E-state index is 14.1. The predicted molar refractivity (Wildman–Crippen MR) is 105 cm³/mol. The van der Waals surface area contributed by atoms with Crippen LogP contribution in [0.15, 0.2) is 41.3 Å². The average Bonchev–Trinajstić information content (AvgIpc) is 2.82. The average molecular weight is 417 g/mol. The van der Waals surface area contributed by atoms with E-state index in [1.165, 1.54) is 16.8 Å². The molecule has 0 spiro atoms. The summed E-state index contributed by atoms with van der Waals surface area (Å²) in [6.07, 6.45) is 1.58. The molecule has 1 aliphatic rings. The van der Waals surface area contributed by atoms with Gasteiger partial charge in [0.1, 0.15) is 23.2 Å². The van der Waals surface area contributed by atoms with Gasteiger partial charge >= 0.3 is 5.97 Å². The highest BCUT2D eigenvalue weighted by atomic mass is 35.5. The summed E-state index contributed by atoms with van der Waals surface area (Å²) in [6.45, 7) is 1.58. The number of esters is 1. The van der Waals surface area contributed by atoms with E-state index in [9.17, 15) is 19.1 Å². The fourth-order valence-corrected chi connectivity index (χ4v) is 3.85. The standard InChI is InChI=1S/C21H18ClFN2O4/c1-2-21(28)9-18(26)29-11-14-15(21)6-7-25(20(14)27)10-12-8-13-16(23)4-3-5-17(13)24-19(12)22/h3-8,28H,2,9-11H2,1H3/t21-/m1/s1. The molecule has 0 unspecified atom stereocenters. The Hall–Kier alpha value is -2.77. The normalized spacial score (nSPS) is 19.0. The van der Waals surface area contributed by atoms with E-state index in [0.29, 0.717) is 22.0 Å². The Morgan fingerprint density at radius 1 is 1.34 bits per heavy atom. The van der Waals surface area contributed by atoms with E-state index in [0.717, 1.165) is 0 Å². The Morgan fingerprint density at radius 3 is 2.90 bits per heavy atom. The van der Waals surface area contributed by atoms with Crippen molar-refractivity contribution in [3.05, 3.63) is 74.5 Å². The number of pyridine rings is 2. The van der Waals surface area contributed by atoms with Gasteiger partial charge in [-0.05, 0) is 36.2 Å². The number of halogens is 2. The molecule has 0 fully saturated rings. The number of carbonyl (C=O) groups excluding carboxylic acids is 1. The molecule has 3 aromatic rings. The number of nitrogens with zero attached hydrogens (tertiary/aromatic N) is 2. The first-order chi connectivity index (χ1) is 13.8. The van der Waals surface area contributed by atoms with Crippen LogP contribution in [0.25, 0.3) is 10.9 Å². The number of rotatable bonds is 3. The molecule has 1 atom stereocenters. The van der Waals surface area contributed by atoms with Crippen molar-refractivity contribution in [2.45, 2.75) is 38.5 Å². The third kappa shape index (κ3) is 3.41. The van der Waals surface area contributed by atoms with Gasteiger partial charge in [-0.3, -0.25) is 9.59 Å². The van der Waals surface area contributed by atoms with Crippen LogP contribution in [-0.2, 0) is 28.3 Å². The minimum atomic E-state index is -1.45. The molecule has 0 saturated carbocycles. The fraction of sp³-hybridized carbons (Fsp3) is 0.286. The number of hydrogen-bond donors (Lipinski definition) is 1. The molecule has 0 aliphatic carbocycles. The van der Waals surface area contributed by atoms with Crippen molar-refractivity contribution in [1.29, 1.82) is 0 Å². The molecule has 0 saturated heterocycles. The van der Waals surface area contributed by atoms with Gasteiger partial charge in [0, 0.05) is 17.1 Å². The zero-order valence-corrected chi connectivity index (χ0v) is 16.4. The van der Waals surface area contributed by atoms with E-state index in [2.05, 4.69) is 4.98 Å². The van der Waals surface area contributed by atoms with Crippen LogP contribution in [-0.4, -0.2) is 20.6 Å². The van der Waals surface area contributed by atoms with E-state index in [1.54, 1.807) is 31.2 Å². The number of benzene rings is 1. The van der Waals surface area contributed by atoms with Crippen molar-refractivity contribution in [2.75, 3.05) is 0 Å². The highest BCUT2D eigenvalue weighted by Crippen LogP contribution is 2.33. The molecule has 29 heavy (non-hydrogen) atoms. The molecule has 0 amide bonds. The summed E-state index contributed by atoms with van der Waals surface area (Å²) in [5.41, 5.74) is -0.351. The summed E-state index contributed by atoms with van der Waals surface area (Å²) in [7, 11) is 0. The van der Waals surface area contributed by atoms with Gasteiger partial charge in [-0.15, -0.1) is 0 Å². The fourth-order valence-electron chi connectivity index (χ4n) is 3.65. The first kappa shape index (κ1) is 19.5. The number of ether oxygens (including phenoxy) is 1. The van der Waals surface area contributed by atoms with Gasteiger partial charge in [0.25, 0.3) is 5.56 Å². The van der Waals surface area contributed by atoms with E-state index in [-0.39, 0.29) is 36.7 Å². The van der Waals surface area contributed by atoms with Gasteiger partial charge in [-0.1, -0.05) is 24.6 Å². The van der Waals surface area contributed by atoms with Gasteiger partial charge in [0.15, 0.2) is 0 Å². The van der Waals surface area contributed by atoms with Crippen LogP contribution in [0, 0.1) is 5.82 Å². The molecule has 4 rings (SSSR count). The number of cyclic esters (lactones) is 1. The van der Waals surface area contributed by atoms with Gasteiger partial charge < -0.3 is 14.4 Å². The van der Waals surface area contributed by atoms with E-state index >= 15 is 0 Å². The van der Waals surface area contributed by atoms with Crippen molar-refractivity contribution < 1.29 is 19.0 Å². The maximum Gasteiger partial charge on any atom is 0.309 e. The highest BCUT2D eigenvalue weighted by molar-refractivity contribution is 6.30. The summed E-state index contributed by atoms with van der Waals surface area (Å²) in [5.74, 6) is -0.990. The molecule has 1 aromatic carbocycles. The Bertz CT molecular complexity index is 1190. The summed E-state index contributed by atoms with van der Waals surface area (Å²) >= 11 is 6.26. The smallest absolute Gasteiger partial charge is 0.309 e. The molecule has 0 bridgehead atoms. The Labute approximate surface area is 170 Å². The summed E-state index contributed by atoms with van der Waals surface area (Å²) < 4.78 is 20.6. The Balaban J connectivity index is 1.80. The minimum absolute atomic E-state index is 0.0563. The van der Waals surface area contributed by atoms with Crippen LogP contribution < -0.4 is 5.56 Å². The molecule has 0 radical (unpaired) electrons. The van der Waals surface area contributed by atoms with Crippen LogP contribution in [0.5, 0.6) is 0 Å². The highest BCUT2D eigenvalue weighted by Gasteiger charge is 2.37. The summed E-state index contributed by atoms with van der Waals surface area (Å²) in [6, 6.07) is 7.72. The van der Waals surface area contributed by atoms with Crippen LogP contribution >= 0.6 is 11.6 Å². The van der Waals surface area contributed by atoms with E-state index in [1.807, 2.05) is 0 Å². The summed E-state index contributed by atoms with van der Waals surface area (Å²) in [5, 5.41) is 11.3.